The van der Waals surface area contributed by atoms with Crippen LogP contribution in [0.25, 0.3) is 0 Å². The minimum absolute atomic E-state index is 0.408. The van der Waals surface area contributed by atoms with E-state index in [0.717, 1.165) is 33.1 Å². The summed E-state index contributed by atoms with van der Waals surface area (Å²) in [6, 6.07) is 11.7. The molecule has 0 saturated heterocycles. The molecule has 0 amide bonds. The van der Waals surface area contributed by atoms with Gasteiger partial charge in [-0.25, -0.2) is 4.68 Å². The Morgan fingerprint density at radius 1 is 1.20 bits per heavy atom. The van der Waals surface area contributed by atoms with Gasteiger partial charge in [0.25, 0.3) is 0 Å². The van der Waals surface area contributed by atoms with E-state index in [0.29, 0.717) is 36.3 Å². The van der Waals surface area contributed by atoms with Crippen molar-refractivity contribution in [2.75, 3.05) is 18.9 Å². The van der Waals surface area contributed by atoms with Crippen LogP contribution in [0.1, 0.15) is 18.1 Å². The molecule has 0 spiro atoms. The number of nitrogens with zero attached hydrogens (tertiary/aromatic N) is 4. The average Bonchev–Trinajstić information content (AvgIpc) is 3.12. The van der Waals surface area contributed by atoms with Crippen molar-refractivity contribution in [3.63, 3.8) is 0 Å². The van der Waals surface area contributed by atoms with Crippen LogP contribution < -0.4 is 14.8 Å². The molecule has 0 unspecified atom stereocenters. The van der Waals surface area contributed by atoms with E-state index >= 15 is 0 Å². The summed E-state index contributed by atoms with van der Waals surface area (Å²) in [6.07, 6.45) is 0. The Morgan fingerprint density at radius 2 is 2.07 bits per heavy atom. The van der Waals surface area contributed by atoms with Crippen LogP contribution in [0.15, 0.2) is 46.0 Å². The molecule has 160 valence electrons. The second-order valence-electron chi connectivity index (χ2n) is 6.37. The van der Waals surface area contributed by atoms with Crippen LogP contribution in [0, 0.1) is 0 Å². The number of rotatable bonds is 11. The molecule has 3 rings (SSSR count). The van der Waals surface area contributed by atoms with Gasteiger partial charge in [-0.2, -0.15) is 0 Å². The zero-order chi connectivity index (χ0) is 21.3. The zero-order valence-corrected chi connectivity index (χ0v) is 19.9. The van der Waals surface area contributed by atoms with Gasteiger partial charge in [0.1, 0.15) is 6.61 Å². The monoisotopic (exact) mass is 511 g/mol. The molecule has 10 heteroatoms. The highest BCUT2D eigenvalue weighted by atomic mass is 79.9. The lowest BCUT2D eigenvalue weighted by atomic mass is 10.2. The van der Waals surface area contributed by atoms with Gasteiger partial charge in [-0.15, -0.1) is 5.10 Å². The van der Waals surface area contributed by atoms with Crippen LogP contribution in [0.2, 0.25) is 5.02 Å². The SMILES string of the molecule is CCOc1cc(CNCCSc2nnnn2C)cc(Br)c1OCc1cccc(Cl)c1. The fourth-order valence-electron chi connectivity index (χ4n) is 2.70. The summed E-state index contributed by atoms with van der Waals surface area (Å²) in [7, 11) is 1.83. The number of nitrogens with one attached hydrogen (secondary N) is 1. The molecule has 1 aromatic heterocycles. The van der Waals surface area contributed by atoms with Crippen LogP contribution in [0.3, 0.4) is 0 Å². The molecule has 3 aromatic rings. The fourth-order valence-corrected chi connectivity index (χ4v) is 4.26. The third kappa shape index (κ3) is 6.60. The van der Waals surface area contributed by atoms with Crippen molar-refractivity contribution >= 4 is 39.3 Å². The number of halogens is 2. The lowest BCUT2D eigenvalue weighted by Gasteiger charge is -2.16. The largest absolute Gasteiger partial charge is 0.490 e. The molecule has 2 aromatic carbocycles. The fraction of sp³-hybridized carbons (Fsp3) is 0.350. The number of aryl methyl sites for hydroxylation is 1. The molecule has 0 bridgehead atoms. The van der Waals surface area contributed by atoms with Crippen molar-refractivity contribution in [3.8, 4) is 11.5 Å². The number of benzene rings is 2. The molecule has 7 nitrogen and oxygen atoms in total. The molecular formula is C20H23BrClN5O2S. The third-order valence-corrected chi connectivity index (χ3v) is 5.90. The van der Waals surface area contributed by atoms with E-state index in [-0.39, 0.29) is 0 Å². The highest BCUT2D eigenvalue weighted by Gasteiger charge is 2.13. The van der Waals surface area contributed by atoms with E-state index in [1.807, 2.05) is 50.4 Å². The van der Waals surface area contributed by atoms with E-state index in [9.17, 15) is 0 Å². The quantitative estimate of drug-likeness (QED) is 0.300. The summed E-state index contributed by atoms with van der Waals surface area (Å²) >= 11 is 11.3. The Bertz CT molecular complexity index is 972. The van der Waals surface area contributed by atoms with E-state index in [1.165, 1.54) is 0 Å². The Kier molecular flexibility index (Phi) is 8.80. The van der Waals surface area contributed by atoms with Crippen molar-refractivity contribution in [2.24, 2.45) is 7.05 Å². The predicted molar refractivity (Wildman–Crippen MR) is 122 cm³/mol. The molecule has 0 saturated carbocycles. The van der Waals surface area contributed by atoms with E-state index < -0.39 is 0 Å². The highest BCUT2D eigenvalue weighted by Crippen LogP contribution is 2.37. The van der Waals surface area contributed by atoms with Gasteiger partial charge in [-0.05, 0) is 68.7 Å². The lowest BCUT2D eigenvalue weighted by Crippen LogP contribution is -2.17. The first-order valence-corrected chi connectivity index (χ1v) is 11.6. The summed E-state index contributed by atoms with van der Waals surface area (Å²) in [5.41, 5.74) is 2.10. The van der Waals surface area contributed by atoms with E-state index in [2.05, 4.69) is 36.8 Å². The number of ether oxygens (including phenoxy) is 2. The molecule has 0 atom stereocenters. The maximum atomic E-state index is 6.06. The van der Waals surface area contributed by atoms with Gasteiger partial charge < -0.3 is 14.8 Å². The first-order chi connectivity index (χ1) is 14.6. The minimum Gasteiger partial charge on any atom is -0.490 e. The predicted octanol–water partition coefficient (Wildman–Crippen LogP) is 4.49. The van der Waals surface area contributed by atoms with Gasteiger partial charge in [-0.3, -0.25) is 0 Å². The molecule has 0 aliphatic rings. The first-order valence-electron chi connectivity index (χ1n) is 9.45. The van der Waals surface area contributed by atoms with Crippen LogP contribution in [-0.4, -0.2) is 39.1 Å². The second kappa shape index (κ2) is 11.5. The van der Waals surface area contributed by atoms with Crippen LogP contribution in [0.5, 0.6) is 11.5 Å². The first kappa shape index (κ1) is 22.9. The van der Waals surface area contributed by atoms with Gasteiger partial charge >= 0.3 is 0 Å². The molecule has 30 heavy (non-hydrogen) atoms. The average molecular weight is 513 g/mol. The number of thioether (sulfide) groups is 1. The maximum Gasteiger partial charge on any atom is 0.209 e. The molecule has 0 aliphatic carbocycles. The van der Waals surface area contributed by atoms with Crippen molar-refractivity contribution in [2.45, 2.75) is 25.2 Å². The Balaban J connectivity index is 1.57. The lowest BCUT2D eigenvalue weighted by molar-refractivity contribution is 0.267. The Labute approximate surface area is 193 Å². The summed E-state index contributed by atoms with van der Waals surface area (Å²) in [5, 5.41) is 16.4. The van der Waals surface area contributed by atoms with Gasteiger partial charge in [0.2, 0.25) is 5.16 Å². The molecule has 1 N–H and O–H groups in total. The van der Waals surface area contributed by atoms with E-state index in [1.54, 1.807) is 16.4 Å². The van der Waals surface area contributed by atoms with Gasteiger partial charge in [0.15, 0.2) is 11.5 Å². The van der Waals surface area contributed by atoms with Crippen molar-refractivity contribution in [3.05, 3.63) is 57.0 Å². The topological polar surface area (TPSA) is 74.1 Å². The third-order valence-electron chi connectivity index (χ3n) is 4.06. The summed E-state index contributed by atoms with van der Waals surface area (Å²) in [4.78, 5) is 0. The summed E-state index contributed by atoms with van der Waals surface area (Å²) in [6.45, 7) is 4.46. The normalized spacial score (nSPS) is 10.9. The number of hydrogen-bond donors (Lipinski definition) is 1. The van der Waals surface area contributed by atoms with Crippen LogP contribution in [-0.2, 0) is 20.2 Å². The van der Waals surface area contributed by atoms with Crippen LogP contribution in [0.4, 0.5) is 0 Å². The second-order valence-corrected chi connectivity index (χ2v) is 8.72. The molecule has 0 fully saturated rings. The Hall–Kier alpha value is -1.81. The van der Waals surface area contributed by atoms with Crippen molar-refractivity contribution < 1.29 is 9.47 Å². The summed E-state index contributed by atoms with van der Waals surface area (Å²) < 4.78 is 14.4. The minimum atomic E-state index is 0.408. The number of tetrazole rings is 1. The highest BCUT2D eigenvalue weighted by molar-refractivity contribution is 9.10. The van der Waals surface area contributed by atoms with Gasteiger partial charge in [0.05, 0.1) is 11.1 Å². The van der Waals surface area contributed by atoms with Gasteiger partial charge in [-0.1, -0.05) is 35.5 Å². The number of aromatic nitrogens is 4. The van der Waals surface area contributed by atoms with Gasteiger partial charge in [0, 0.05) is 30.9 Å². The molecular weight excluding hydrogens is 490 g/mol. The Morgan fingerprint density at radius 3 is 2.80 bits per heavy atom. The smallest absolute Gasteiger partial charge is 0.209 e. The molecule has 1 heterocycles. The molecule has 0 aliphatic heterocycles. The maximum absolute atomic E-state index is 6.06. The number of hydrogen-bond acceptors (Lipinski definition) is 7. The summed E-state index contributed by atoms with van der Waals surface area (Å²) in [5.74, 6) is 2.27. The van der Waals surface area contributed by atoms with Crippen molar-refractivity contribution in [1.82, 2.24) is 25.5 Å². The molecule has 0 radical (unpaired) electrons. The zero-order valence-electron chi connectivity index (χ0n) is 16.8. The standard InChI is InChI=1S/C20H23BrClN5O2S/c1-3-28-18-11-15(12-23-7-8-30-20-24-25-26-27(20)2)10-17(21)19(18)29-13-14-5-4-6-16(22)9-14/h4-6,9-11,23H,3,7-8,12-13H2,1-2H3. The van der Waals surface area contributed by atoms with Crippen molar-refractivity contribution in [1.29, 1.82) is 0 Å². The van der Waals surface area contributed by atoms with Crippen LogP contribution >= 0.6 is 39.3 Å². The van der Waals surface area contributed by atoms with E-state index in [4.69, 9.17) is 21.1 Å².